The number of ether oxygens (including phenoxy) is 1. The van der Waals surface area contributed by atoms with Crippen molar-refractivity contribution in [2.24, 2.45) is 18.9 Å². The standard InChI is InChI=1S/C19H30N4O3/c1-21-16(4-5-20-21)2-3-19(25)23-12-14-10-17(18(24)11-15(14)13-23)22-6-8-26-9-7-22/h4-5,14-15,17-18,24H,2-3,6-13H2,1H3/t14-,15+,17-,18-/m1/s1. The Balaban J connectivity index is 1.32. The van der Waals surface area contributed by atoms with E-state index in [0.717, 1.165) is 64.3 Å². The molecule has 2 aliphatic heterocycles. The van der Waals surface area contributed by atoms with Gasteiger partial charge >= 0.3 is 0 Å². The van der Waals surface area contributed by atoms with Gasteiger partial charge in [-0.3, -0.25) is 14.4 Å². The van der Waals surface area contributed by atoms with Crippen molar-refractivity contribution < 1.29 is 14.6 Å². The maximum Gasteiger partial charge on any atom is 0.222 e. The largest absolute Gasteiger partial charge is 0.391 e. The van der Waals surface area contributed by atoms with Crippen molar-refractivity contribution in [1.29, 1.82) is 0 Å². The van der Waals surface area contributed by atoms with Gasteiger partial charge in [-0.05, 0) is 37.2 Å². The summed E-state index contributed by atoms with van der Waals surface area (Å²) >= 11 is 0. The van der Waals surface area contributed by atoms with E-state index in [9.17, 15) is 9.90 Å². The van der Waals surface area contributed by atoms with Gasteiger partial charge in [0, 0.05) is 57.6 Å². The number of aromatic nitrogens is 2. The fraction of sp³-hybridized carbons (Fsp3) is 0.789. The molecule has 26 heavy (non-hydrogen) atoms. The third-order valence-corrected chi connectivity index (χ3v) is 6.49. The Hall–Kier alpha value is -1.44. The number of nitrogens with zero attached hydrogens (tertiary/aromatic N) is 4. The SMILES string of the molecule is Cn1nccc1CCC(=O)N1C[C@H]2C[C@@H](N3CCOCC3)[C@H](O)C[C@H]2C1. The number of aliphatic hydroxyl groups excluding tert-OH is 1. The lowest BCUT2D eigenvalue weighted by atomic mass is 9.77. The topological polar surface area (TPSA) is 70.8 Å². The number of hydrogen-bond donors (Lipinski definition) is 1. The van der Waals surface area contributed by atoms with Crippen LogP contribution in [0.4, 0.5) is 0 Å². The molecule has 1 aromatic rings. The van der Waals surface area contributed by atoms with Crippen LogP contribution in [0.2, 0.25) is 0 Å². The molecule has 2 saturated heterocycles. The maximum atomic E-state index is 12.7. The minimum Gasteiger partial charge on any atom is -0.391 e. The molecule has 4 atom stereocenters. The number of fused-ring (bicyclic) bond motifs is 1. The second-order valence-electron chi connectivity index (χ2n) is 8.02. The number of carbonyl (C=O) groups is 1. The van der Waals surface area contributed by atoms with Crippen LogP contribution in [-0.4, -0.2) is 82.1 Å². The van der Waals surface area contributed by atoms with Crippen molar-refractivity contribution >= 4 is 5.91 Å². The third kappa shape index (κ3) is 3.66. The van der Waals surface area contributed by atoms with Gasteiger partial charge < -0.3 is 14.7 Å². The molecule has 3 heterocycles. The molecule has 0 radical (unpaired) electrons. The summed E-state index contributed by atoms with van der Waals surface area (Å²) < 4.78 is 7.28. The third-order valence-electron chi connectivity index (χ3n) is 6.49. The Morgan fingerprint density at radius 2 is 2.00 bits per heavy atom. The molecule has 3 aliphatic rings. The Bertz CT molecular complexity index is 628. The van der Waals surface area contributed by atoms with Gasteiger partial charge in [-0.25, -0.2) is 0 Å². The Morgan fingerprint density at radius 1 is 1.27 bits per heavy atom. The van der Waals surface area contributed by atoms with Crippen LogP contribution in [-0.2, 0) is 23.0 Å². The van der Waals surface area contributed by atoms with Crippen molar-refractivity contribution in [1.82, 2.24) is 19.6 Å². The summed E-state index contributed by atoms with van der Waals surface area (Å²) in [6, 6.07) is 2.20. The lowest BCUT2D eigenvalue weighted by Crippen LogP contribution is -2.53. The number of hydrogen-bond acceptors (Lipinski definition) is 5. The highest BCUT2D eigenvalue weighted by molar-refractivity contribution is 5.76. The van der Waals surface area contributed by atoms with Crippen LogP contribution >= 0.6 is 0 Å². The Labute approximate surface area is 154 Å². The van der Waals surface area contributed by atoms with Crippen LogP contribution in [0.3, 0.4) is 0 Å². The molecular formula is C19H30N4O3. The fourth-order valence-electron chi connectivity index (χ4n) is 4.95. The van der Waals surface area contributed by atoms with Crippen LogP contribution in [0.25, 0.3) is 0 Å². The number of morpholine rings is 1. The van der Waals surface area contributed by atoms with Gasteiger partial charge in [0.15, 0.2) is 0 Å². The van der Waals surface area contributed by atoms with E-state index in [1.165, 1.54) is 0 Å². The van der Waals surface area contributed by atoms with Crippen LogP contribution in [0.15, 0.2) is 12.3 Å². The van der Waals surface area contributed by atoms with Gasteiger partial charge in [0.2, 0.25) is 5.91 Å². The van der Waals surface area contributed by atoms with E-state index in [0.29, 0.717) is 18.3 Å². The number of rotatable bonds is 4. The van der Waals surface area contributed by atoms with E-state index in [-0.39, 0.29) is 18.1 Å². The number of amides is 1. The molecule has 0 bridgehead atoms. The maximum absolute atomic E-state index is 12.7. The van der Waals surface area contributed by atoms with Crippen molar-refractivity contribution in [2.75, 3.05) is 39.4 Å². The summed E-state index contributed by atoms with van der Waals surface area (Å²) in [4.78, 5) is 17.1. The normalized spacial score (nSPS) is 32.6. The predicted octanol–water partition coefficient (Wildman–Crippen LogP) is 0.283. The number of carbonyl (C=O) groups excluding carboxylic acids is 1. The van der Waals surface area contributed by atoms with E-state index >= 15 is 0 Å². The lowest BCUT2D eigenvalue weighted by molar-refractivity contribution is -0.130. The van der Waals surface area contributed by atoms with Crippen molar-refractivity contribution in [3.05, 3.63) is 18.0 Å². The first-order chi connectivity index (χ1) is 12.6. The monoisotopic (exact) mass is 362 g/mol. The zero-order chi connectivity index (χ0) is 18.1. The van der Waals surface area contributed by atoms with Crippen LogP contribution in [0.1, 0.15) is 25.0 Å². The summed E-state index contributed by atoms with van der Waals surface area (Å²) in [5, 5.41) is 14.8. The van der Waals surface area contributed by atoms with Crippen LogP contribution in [0.5, 0.6) is 0 Å². The molecule has 0 aromatic carbocycles. The molecule has 1 saturated carbocycles. The van der Waals surface area contributed by atoms with E-state index in [1.54, 1.807) is 6.20 Å². The second-order valence-corrected chi connectivity index (χ2v) is 8.02. The zero-order valence-electron chi connectivity index (χ0n) is 15.6. The average Bonchev–Trinajstić information content (AvgIpc) is 3.25. The fourth-order valence-corrected chi connectivity index (χ4v) is 4.95. The summed E-state index contributed by atoms with van der Waals surface area (Å²) in [7, 11) is 1.91. The molecule has 0 unspecified atom stereocenters. The first kappa shape index (κ1) is 17.9. The summed E-state index contributed by atoms with van der Waals surface area (Å²) in [5.74, 6) is 1.20. The molecule has 1 N–H and O–H groups in total. The summed E-state index contributed by atoms with van der Waals surface area (Å²) in [6.45, 7) is 5.00. The van der Waals surface area contributed by atoms with Gasteiger partial charge in [-0.15, -0.1) is 0 Å². The zero-order valence-corrected chi connectivity index (χ0v) is 15.6. The smallest absolute Gasteiger partial charge is 0.222 e. The highest BCUT2D eigenvalue weighted by atomic mass is 16.5. The second kappa shape index (κ2) is 7.66. The highest BCUT2D eigenvalue weighted by Crippen LogP contribution is 2.38. The number of aryl methyl sites for hydroxylation is 2. The van der Waals surface area contributed by atoms with Crippen LogP contribution < -0.4 is 0 Å². The molecule has 7 nitrogen and oxygen atoms in total. The Kier molecular flexibility index (Phi) is 5.29. The van der Waals surface area contributed by atoms with Crippen molar-refractivity contribution in [3.8, 4) is 0 Å². The summed E-state index contributed by atoms with van der Waals surface area (Å²) in [5.41, 5.74) is 1.10. The van der Waals surface area contributed by atoms with Crippen molar-refractivity contribution in [3.63, 3.8) is 0 Å². The van der Waals surface area contributed by atoms with Crippen molar-refractivity contribution in [2.45, 2.75) is 37.8 Å². The quantitative estimate of drug-likeness (QED) is 0.833. The average molecular weight is 362 g/mol. The Morgan fingerprint density at radius 3 is 2.69 bits per heavy atom. The lowest BCUT2D eigenvalue weighted by Gasteiger charge is -2.43. The first-order valence-electron chi connectivity index (χ1n) is 9.86. The molecular weight excluding hydrogens is 332 g/mol. The van der Waals surface area contributed by atoms with E-state index in [1.807, 2.05) is 22.7 Å². The van der Waals surface area contributed by atoms with E-state index < -0.39 is 0 Å². The molecule has 1 aromatic heterocycles. The molecule has 0 spiro atoms. The molecule has 1 aliphatic carbocycles. The molecule has 3 fully saturated rings. The molecule has 1 amide bonds. The molecule has 144 valence electrons. The predicted molar refractivity (Wildman–Crippen MR) is 96.5 cm³/mol. The van der Waals surface area contributed by atoms with Gasteiger partial charge in [0.05, 0.1) is 19.3 Å². The van der Waals surface area contributed by atoms with E-state index in [4.69, 9.17) is 4.74 Å². The van der Waals surface area contributed by atoms with Gasteiger partial charge in [-0.1, -0.05) is 0 Å². The minimum absolute atomic E-state index is 0.227. The number of likely N-dealkylation sites (tertiary alicyclic amines) is 1. The highest BCUT2D eigenvalue weighted by Gasteiger charge is 2.44. The van der Waals surface area contributed by atoms with Crippen LogP contribution in [0, 0.1) is 11.8 Å². The van der Waals surface area contributed by atoms with Gasteiger partial charge in [0.25, 0.3) is 0 Å². The van der Waals surface area contributed by atoms with E-state index in [2.05, 4.69) is 10.00 Å². The van der Waals surface area contributed by atoms with Gasteiger partial charge in [0.1, 0.15) is 0 Å². The minimum atomic E-state index is -0.279. The summed E-state index contributed by atoms with van der Waals surface area (Å²) in [6.07, 6.45) is 4.58. The van der Waals surface area contributed by atoms with Gasteiger partial charge in [-0.2, -0.15) is 5.10 Å². The molecule has 4 rings (SSSR count). The number of aliphatic hydroxyl groups is 1. The first-order valence-corrected chi connectivity index (χ1v) is 9.86. The molecule has 7 heteroatoms.